The van der Waals surface area contributed by atoms with Crippen LogP contribution >= 0.6 is 11.6 Å². The number of benzene rings is 3. The molecule has 9 heteroatoms. The van der Waals surface area contributed by atoms with Crippen LogP contribution in [0.5, 0.6) is 11.5 Å². The predicted octanol–water partition coefficient (Wildman–Crippen LogP) is 4.84. The summed E-state index contributed by atoms with van der Waals surface area (Å²) in [6.07, 6.45) is 0. The average Bonchev–Trinajstić information content (AvgIpc) is 2.69. The molecule has 0 aliphatic carbocycles. The van der Waals surface area contributed by atoms with Gasteiger partial charge >= 0.3 is 0 Å². The minimum atomic E-state index is -3.90. The Morgan fingerprint density at radius 3 is 2.57 bits per heavy atom. The molecule has 1 aliphatic heterocycles. The second-order valence-electron chi connectivity index (χ2n) is 6.66. The highest BCUT2D eigenvalue weighted by Crippen LogP contribution is 2.39. The van der Waals surface area contributed by atoms with Gasteiger partial charge in [0.25, 0.3) is 10.0 Å². The topological polar surface area (TPSA) is 79.8 Å². The number of guanidine groups is 1. The molecule has 0 saturated carbocycles. The molecule has 0 radical (unpaired) electrons. The van der Waals surface area contributed by atoms with Crippen molar-refractivity contribution in [3.8, 4) is 11.5 Å². The number of fused-ring (bicyclic) bond motifs is 1. The van der Waals surface area contributed by atoms with E-state index in [2.05, 4.69) is 15.0 Å². The lowest BCUT2D eigenvalue weighted by Crippen LogP contribution is -2.41. The van der Waals surface area contributed by atoms with Crippen molar-refractivity contribution in [2.24, 2.45) is 4.99 Å². The highest BCUT2D eigenvalue weighted by Gasteiger charge is 2.30. The third kappa shape index (κ3) is 4.10. The zero-order valence-corrected chi connectivity index (χ0v) is 17.4. The van der Waals surface area contributed by atoms with Crippen molar-refractivity contribution in [3.63, 3.8) is 0 Å². The zero-order chi connectivity index (χ0) is 21.3. The number of hydrogen-bond donors (Lipinski definition) is 2. The first-order chi connectivity index (χ1) is 14.3. The molecule has 0 spiro atoms. The van der Waals surface area contributed by atoms with Crippen LogP contribution in [-0.2, 0) is 16.6 Å². The van der Waals surface area contributed by atoms with Gasteiger partial charge in [-0.1, -0.05) is 41.9 Å². The first-order valence-electron chi connectivity index (χ1n) is 8.98. The number of halogens is 2. The van der Waals surface area contributed by atoms with Crippen LogP contribution in [0.3, 0.4) is 0 Å². The first kappa shape index (κ1) is 20.2. The van der Waals surface area contributed by atoms with Crippen molar-refractivity contribution in [1.82, 2.24) is 4.72 Å². The van der Waals surface area contributed by atoms with Gasteiger partial charge in [-0.25, -0.2) is 22.5 Å². The average molecular weight is 446 g/mol. The van der Waals surface area contributed by atoms with Gasteiger partial charge in [0.15, 0.2) is 5.75 Å². The summed E-state index contributed by atoms with van der Waals surface area (Å²) in [4.78, 5) is 4.21. The van der Waals surface area contributed by atoms with Gasteiger partial charge in [0.1, 0.15) is 22.1 Å². The monoisotopic (exact) mass is 445 g/mol. The van der Waals surface area contributed by atoms with E-state index in [4.69, 9.17) is 16.3 Å². The number of aliphatic imine (C=N–C) groups is 1. The summed E-state index contributed by atoms with van der Waals surface area (Å²) >= 11 is 6.18. The van der Waals surface area contributed by atoms with Gasteiger partial charge in [0.05, 0.1) is 11.6 Å². The summed E-state index contributed by atoms with van der Waals surface area (Å²) in [5, 5.41) is 3.33. The molecule has 0 unspecified atom stereocenters. The number of nitrogens with zero attached hydrogens (tertiary/aromatic N) is 1. The number of rotatable bonds is 4. The number of sulfonamides is 1. The maximum absolute atomic E-state index is 13.9. The van der Waals surface area contributed by atoms with Crippen molar-refractivity contribution >= 4 is 33.3 Å². The highest BCUT2D eigenvalue weighted by atomic mass is 35.5. The SMILES string of the molecule is Cc1cc(Oc2ccccc2Cl)c2c(c1)S(=O)(=O)NC(=NCc1ccccc1F)N2. The second kappa shape index (κ2) is 7.97. The lowest BCUT2D eigenvalue weighted by molar-refractivity contribution is 0.482. The van der Waals surface area contributed by atoms with Crippen molar-refractivity contribution in [1.29, 1.82) is 0 Å². The summed E-state index contributed by atoms with van der Waals surface area (Å²) in [6.45, 7) is 1.72. The van der Waals surface area contributed by atoms with E-state index in [1.54, 1.807) is 55.5 Å². The van der Waals surface area contributed by atoms with Crippen LogP contribution in [0.15, 0.2) is 70.6 Å². The van der Waals surface area contributed by atoms with E-state index in [9.17, 15) is 12.8 Å². The molecule has 1 heterocycles. The summed E-state index contributed by atoms with van der Waals surface area (Å²) < 4.78 is 47.7. The molecule has 0 fully saturated rings. The van der Waals surface area contributed by atoms with Crippen LogP contribution in [0.4, 0.5) is 10.1 Å². The molecule has 1 aliphatic rings. The first-order valence-corrected chi connectivity index (χ1v) is 10.8. The minimum absolute atomic E-state index is 0.0226. The fourth-order valence-electron chi connectivity index (χ4n) is 2.97. The van der Waals surface area contributed by atoms with Crippen LogP contribution in [0.1, 0.15) is 11.1 Å². The zero-order valence-electron chi connectivity index (χ0n) is 15.8. The second-order valence-corrected chi connectivity index (χ2v) is 8.71. The molecule has 6 nitrogen and oxygen atoms in total. The van der Waals surface area contributed by atoms with Crippen LogP contribution in [0.2, 0.25) is 5.02 Å². The minimum Gasteiger partial charge on any atom is -0.454 e. The Morgan fingerprint density at radius 1 is 1.07 bits per heavy atom. The standard InChI is InChI=1S/C21H17ClFN3O3S/c1-13-10-18(29-17-9-5-3-7-15(17)22)20-19(11-13)30(27,28)26-21(25-20)24-12-14-6-2-4-8-16(14)23/h2-11H,12H2,1H3,(H2,24,25,26). The molecule has 30 heavy (non-hydrogen) atoms. The third-order valence-electron chi connectivity index (χ3n) is 4.40. The van der Waals surface area contributed by atoms with Crippen molar-refractivity contribution in [3.05, 3.63) is 82.6 Å². The molecule has 3 aromatic rings. The van der Waals surface area contributed by atoms with Gasteiger partial charge in [-0.15, -0.1) is 0 Å². The van der Waals surface area contributed by atoms with Gasteiger partial charge in [-0.3, -0.25) is 0 Å². The van der Waals surface area contributed by atoms with Crippen molar-refractivity contribution < 1.29 is 17.5 Å². The quantitative estimate of drug-likeness (QED) is 0.602. The van der Waals surface area contributed by atoms with Crippen molar-refractivity contribution in [2.75, 3.05) is 5.32 Å². The molecular formula is C21H17ClFN3O3S. The molecule has 0 atom stereocenters. The van der Waals surface area contributed by atoms with E-state index < -0.39 is 15.8 Å². The summed E-state index contributed by atoms with van der Waals surface area (Å²) in [6, 6.07) is 16.3. The van der Waals surface area contributed by atoms with Crippen LogP contribution in [0.25, 0.3) is 0 Å². The predicted molar refractivity (Wildman–Crippen MR) is 114 cm³/mol. The summed E-state index contributed by atoms with van der Waals surface area (Å²) in [7, 11) is -3.90. The molecule has 0 aromatic heterocycles. The van der Waals surface area contributed by atoms with E-state index in [-0.39, 0.29) is 28.8 Å². The number of nitrogens with one attached hydrogen (secondary N) is 2. The van der Waals surface area contributed by atoms with E-state index in [1.807, 2.05) is 0 Å². The Hall–Kier alpha value is -3.10. The van der Waals surface area contributed by atoms with Gasteiger partial charge in [-0.05, 0) is 42.8 Å². The Bertz CT molecular complexity index is 1260. The summed E-state index contributed by atoms with van der Waals surface area (Å²) in [5.74, 6) is 0.217. The molecule has 0 amide bonds. The fraction of sp³-hybridized carbons (Fsp3) is 0.0952. The van der Waals surface area contributed by atoms with Crippen LogP contribution < -0.4 is 14.8 Å². The molecule has 0 bridgehead atoms. The van der Waals surface area contributed by atoms with Gasteiger partial charge < -0.3 is 10.1 Å². The number of para-hydroxylation sites is 1. The Kier molecular flexibility index (Phi) is 5.36. The van der Waals surface area contributed by atoms with E-state index in [0.717, 1.165) is 0 Å². The fourth-order valence-corrected chi connectivity index (χ4v) is 4.39. The molecule has 4 rings (SSSR count). The van der Waals surface area contributed by atoms with Crippen LogP contribution in [-0.4, -0.2) is 14.4 Å². The smallest absolute Gasteiger partial charge is 0.266 e. The van der Waals surface area contributed by atoms with Gasteiger partial charge in [0, 0.05) is 5.56 Å². The van der Waals surface area contributed by atoms with Gasteiger partial charge in [0.2, 0.25) is 5.96 Å². The normalized spacial score (nSPS) is 15.8. The van der Waals surface area contributed by atoms with Crippen LogP contribution in [0, 0.1) is 12.7 Å². The highest BCUT2D eigenvalue weighted by molar-refractivity contribution is 7.90. The Labute approximate surface area is 178 Å². The maximum atomic E-state index is 13.9. The van der Waals surface area contributed by atoms with Crippen molar-refractivity contribution in [2.45, 2.75) is 18.4 Å². The molecule has 2 N–H and O–H groups in total. The molecular weight excluding hydrogens is 429 g/mol. The number of anilines is 1. The Balaban J connectivity index is 1.73. The summed E-state index contributed by atoms with van der Waals surface area (Å²) in [5.41, 5.74) is 1.26. The lowest BCUT2D eigenvalue weighted by Gasteiger charge is -2.24. The van der Waals surface area contributed by atoms with E-state index in [0.29, 0.717) is 21.9 Å². The number of aryl methyl sites for hydroxylation is 1. The van der Waals surface area contributed by atoms with E-state index >= 15 is 0 Å². The molecule has 3 aromatic carbocycles. The molecule has 154 valence electrons. The largest absolute Gasteiger partial charge is 0.454 e. The maximum Gasteiger partial charge on any atom is 0.266 e. The number of hydrogen-bond acceptors (Lipinski definition) is 4. The third-order valence-corrected chi connectivity index (χ3v) is 6.07. The Morgan fingerprint density at radius 2 is 1.80 bits per heavy atom. The van der Waals surface area contributed by atoms with E-state index in [1.165, 1.54) is 12.1 Å². The number of ether oxygens (including phenoxy) is 1. The lowest BCUT2D eigenvalue weighted by atomic mass is 10.2. The molecule has 0 saturated heterocycles. The van der Waals surface area contributed by atoms with Gasteiger partial charge in [-0.2, -0.15) is 0 Å².